The maximum absolute atomic E-state index is 12.3. The van der Waals surface area contributed by atoms with Gasteiger partial charge in [-0.25, -0.2) is 0 Å². The standard InChI is InChI=1S/C20H21ClN2O2/c1-13-18-11-25-20(13,12-22-18)10-14-5-7-17(8-6-14)23-19(24)15-3-2-4-16(21)9-15/h2-9,13,18,22H,10-12H2,1H3,(H,23,24). The first kappa shape index (κ1) is 16.6. The number of benzene rings is 2. The summed E-state index contributed by atoms with van der Waals surface area (Å²) in [6, 6.07) is 15.4. The molecule has 2 fully saturated rings. The van der Waals surface area contributed by atoms with Crippen LogP contribution in [0.2, 0.25) is 5.02 Å². The lowest BCUT2D eigenvalue weighted by Crippen LogP contribution is -2.41. The average molecular weight is 357 g/mol. The predicted molar refractivity (Wildman–Crippen MR) is 99.2 cm³/mol. The lowest BCUT2D eigenvalue weighted by Gasteiger charge is -2.29. The van der Waals surface area contributed by atoms with Crippen molar-refractivity contribution in [3.8, 4) is 0 Å². The van der Waals surface area contributed by atoms with Crippen LogP contribution in [0.3, 0.4) is 0 Å². The Morgan fingerprint density at radius 1 is 1.32 bits per heavy atom. The summed E-state index contributed by atoms with van der Waals surface area (Å²) >= 11 is 5.94. The van der Waals surface area contributed by atoms with E-state index in [1.807, 2.05) is 12.1 Å². The number of rotatable bonds is 4. The first-order chi connectivity index (χ1) is 12.1. The fraction of sp³-hybridized carbons (Fsp3) is 0.350. The van der Waals surface area contributed by atoms with Gasteiger partial charge in [-0.2, -0.15) is 0 Å². The van der Waals surface area contributed by atoms with E-state index in [-0.39, 0.29) is 11.5 Å². The van der Waals surface area contributed by atoms with Gasteiger partial charge in [0.15, 0.2) is 0 Å². The molecule has 5 heteroatoms. The normalized spacial score (nSPS) is 27.4. The molecule has 2 heterocycles. The van der Waals surface area contributed by atoms with Crippen molar-refractivity contribution in [1.82, 2.24) is 5.32 Å². The van der Waals surface area contributed by atoms with Gasteiger partial charge in [0.05, 0.1) is 12.2 Å². The number of anilines is 1. The smallest absolute Gasteiger partial charge is 0.255 e. The molecule has 0 aromatic heterocycles. The number of fused-ring (bicyclic) bond motifs is 2. The van der Waals surface area contributed by atoms with E-state index in [1.54, 1.807) is 24.3 Å². The molecule has 2 saturated heterocycles. The van der Waals surface area contributed by atoms with Crippen LogP contribution in [0.15, 0.2) is 48.5 Å². The Morgan fingerprint density at radius 3 is 2.72 bits per heavy atom. The van der Waals surface area contributed by atoms with Gasteiger partial charge in [-0.05, 0) is 35.9 Å². The summed E-state index contributed by atoms with van der Waals surface area (Å²) in [5, 5.41) is 6.99. The Labute approximate surface area is 152 Å². The molecule has 0 saturated carbocycles. The van der Waals surface area contributed by atoms with E-state index in [4.69, 9.17) is 16.3 Å². The van der Waals surface area contributed by atoms with Crippen molar-refractivity contribution in [3.63, 3.8) is 0 Å². The Bertz CT molecular complexity index is 783. The van der Waals surface area contributed by atoms with Crippen molar-refractivity contribution in [1.29, 1.82) is 0 Å². The summed E-state index contributed by atoms with van der Waals surface area (Å²) in [6.07, 6.45) is 0.889. The molecule has 2 bridgehead atoms. The van der Waals surface area contributed by atoms with Crippen LogP contribution >= 0.6 is 11.6 Å². The van der Waals surface area contributed by atoms with Crippen molar-refractivity contribution < 1.29 is 9.53 Å². The highest BCUT2D eigenvalue weighted by atomic mass is 35.5. The van der Waals surface area contributed by atoms with Crippen LogP contribution < -0.4 is 10.6 Å². The second-order valence-corrected chi connectivity index (χ2v) is 7.43. The molecule has 2 aliphatic rings. The molecule has 25 heavy (non-hydrogen) atoms. The second kappa shape index (κ2) is 6.45. The Morgan fingerprint density at radius 2 is 2.12 bits per heavy atom. The number of hydrogen-bond acceptors (Lipinski definition) is 3. The van der Waals surface area contributed by atoms with Crippen molar-refractivity contribution in [3.05, 3.63) is 64.7 Å². The molecule has 2 aromatic carbocycles. The number of amides is 1. The minimum Gasteiger partial charge on any atom is -0.371 e. The van der Waals surface area contributed by atoms with Gasteiger partial charge in [0.25, 0.3) is 5.91 Å². The molecule has 3 unspecified atom stereocenters. The second-order valence-electron chi connectivity index (χ2n) is 6.99. The Balaban J connectivity index is 1.43. The van der Waals surface area contributed by atoms with Gasteiger partial charge >= 0.3 is 0 Å². The van der Waals surface area contributed by atoms with Gasteiger partial charge in [0.2, 0.25) is 0 Å². The molecular weight excluding hydrogens is 336 g/mol. The van der Waals surface area contributed by atoms with E-state index in [2.05, 4.69) is 29.7 Å². The molecule has 4 nitrogen and oxygen atoms in total. The van der Waals surface area contributed by atoms with Crippen molar-refractivity contribution in [2.75, 3.05) is 18.5 Å². The lowest BCUT2D eigenvalue weighted by molar-refractivity contribution is -0.0189. The van der Waals surface area contributed by atoms with E-state index < -0.39 is 0 Å². The molecule has 2 N–H and O–H groups in total. The van der Waals surface area contributed by atoms with Crippen LogP contribution in [-0.4, -0.2) is 30.7 Å². The van der Waals surface area contributed by atoms with Crippen LogP contribution in [0.25, 0.3) is 0 Å². The van der Waals surface area contributed by atoms with Crippen LogP contribution in [0.5, 0.6) is 0 Å². The van der Waals surface area contributed by atoms with E-state index in [9.17, 15) is 4.79 Å². The molecule has 0 radical (unpaired) electrons. The number of carbonyl (C=O) groups excluding carboxylic acids is 1. The highest BCUT2D eigenvalue weighted by molar-refractivity contribution is 6.31. The largest absolute Gasteiger partial charge is 0.371 e. The van der Waals surface area contributed by atoms with Gasteiger partial charge in [0, 0.05) is 41.2 Å². The third kappa shape index (κ3) is 3.17. The van der Waals surface area contributed by atoms with Crippen LogP contribution in [0.1, 0.15) is 22.8 Å². The van der Waals surface area contributed by atoms with E-state index >= 15 is 0 Å². The van der Waals surface area contributed by atoms with Gasteiger partial charge in [-0.3, -0.25) is 4.79 Å². The lowest BCUT2D eigenvalue weighted by atomic mass is 9.85. The van der Waals surface area contributed by atoms with Crippen molar-refractivity contribution in [2.24, 2.45) is 5.92 Å². The Kier molecular flexibility index (Phi) is 4.28. The maximum Gasteiger partial charge on any atom is 0.255 e. The quantitative estimate of drug-likeness (QED) is 0.881. The average Bonchev–Trinajstić information content (AvgIpc) is 3.08. The summed E-state index contributed by atoms with van der Waals surface area (Å²) in [4.78, 5) is 12.3. The summed E-state index contributed by atoms with van der Waals surface area (Å²) in [5.74, 6) is 0.360. The Hall–Kier alpha value is -1.88. The first-order valence-electron chi connectivity index (χ1n) is 8.59. The van der Waals surface area contributed by atoms with Crippen molar-refractivity contribution >= 4 is 23.2 Å². The van der Waals surface area contributed by atoms with Crippen LogP contribution in [0, 0.1) is 5.92 Å². The van der Waals surface area contributed by atoms with Crippen molar-refractivity contribution in [2.45, 2.75) is 25.0 Å². The molecule has 0 aliphatic carbocycles. The molecule has 3 atom stereocenters. The molecular formula is C20H21ClN2O2. The topological polar surface area (TPSA) is 50.4 Å². The third-order valence-electron chi connectivity index (χ3n) is 5.45. The first-order valence-corrected chi connectivity index (χ1v) is 8.97. The molecule has 130 valence electrons. The van der Waals surface area contributed by atoms with Gasteiger partial charge < -0.3 is 15.4 Å². The highest BCUT2D eigenvalue weighted by Crippen LogP contribution is 2.39. The zero-order valence-electron chi connectivity index (χ0n) is 14.1. The molecule has 0 spiro atoms. The number of morpholine rings is 1. The molecule has 4 rings (SSSR count). The fourth-order valence-electron chi connectivity index (χ4n) is 3.81. The highest BCUT2D eigenvalue weighted by Gasteiger charge is 2.52. The van der Waals surface area contributed by atoms with E-state index in [0.29, 0.717) is 22.5 Å². The zero-order valence-corrected chi connectivity index (χ0v) is 14.8. The SMILES string of the molecule is CC1C2COC1(Cc1ccc(NC(=O)c3cccc(Cl)c3)cc1)CN2. The summed E-state index contributed by atoms with van der Waals surface area (Å²) < 4.78 is 6.07. The summed E-state index contributed by atoms with van der Waals surface area (Å²) in [6.45, 7) is 3.97. The maximum atomic E-state index is 12.3. The minimum atomic E-state index is -0.163. The van der Waals surface area contributed by atoms with Crippen LogP contribution in [-0.2, 0) is 11.2 Å². The third-order valence-corrected chi connectivity index (χ3v) is 5.68. The number of halogens is 1. The predicted octanol–water partition coefficient (Wildman–Crippen LogP) is 3.51. The van der Waals surface area contributed by atoms with E-state index in [1.165, 1.54) is 5.56 Å². The monoisotopic (exact) mass is 356 g/mol. The molecule has 2 aliphatic heterocycles. The fourth-order valence-corrected chi connectivity index (χ4v) is 4.00. The zero-order chi connectivity index (χ0) is 17.4. The summed E-state index contributed by atoms with van der Waals surface area (Å²) in [7, 11) is 0. The number of carbonyl (C=O) groups is 1. The van der Waals surface area contributed by atoms with Gasteiger partial charge in [-0.1, -0.05) is 36.7 Å². The number of hydrogen-bond donors (Lipinski definition) is 2. The van der Waals surface area contributed by atoms with E-state index in [0.717, 1.165) is 25.3 Å². The van der Waals surface area contributed by atoms with Gasteiger partial charge in [0.1, 0.15) is 0 Å². The summed E-state index contributed by atoms with van der Waals surface area (Å²) in [5.41, 5.74) is 2.45. The molecule has 2 aromatic rings. The van der Waals surface area contributed by atoms with Crippen LogP contribution in [0.4, 0.5) is 5.69 Å². The molecule has 1 amide bonds. The minimum absolute atomic E-state index is 0.0871. The van der Waals surface area contributed by atoms with Gasteiger partial charge in [-0.15, -0.1) is 0 Å². The number of ether oxygens (including phenoxy) is 1. The number of nitrogens with one attached hydrogen (secondary N) is 2.